The lowest BCUT2D eigenvalue weighted by Gasteiger charge is -2.07. The van der Waals surface area contributed by atoms with Gasteiger partial charge in [-0.3, -0.25) is 4.55 Å². The monoisotopic (exact) mass is 378 g/mol. The van der Waals surface area contributed by atoms with Crippen molar-refractivity contribution in [2.24, 2.45) is 5.14 Å². The second kappa shape index (κ2) is 4.10. The van der Waals surface area contributed by atoms with E-state index in [1.54, 1.807) is 22.6 Å². The first kappa shape index (κ1) is 13.6. The molecule has 1 rings (SSSR count). The number of rotatable bonds is 2. The van der Waals surface area contributed by atoms with Crippen LogP contribution < -0.4 is 10.9 Å². The molecule has 0 unspecified atom stereocenters. The number of hydrogen-bond donors (Lipinski definition) is 3. The van der Waals surface area contributed by atoms with E-state index in [1.165, 1.54) is 0 Å². The largest absolute Gasteiger partial charge is 0.398 e. The first-order valence-electron chi connectivity index (χ1n) is 3.63. The van der Waals surface area contributed by atoms with Crippen LogP contribution in [0.3, 0.4) is 0 Å². The minimum Gasteiger partial charge on any atom is -0.398 e. The fourth-order valence-electron chi connectivity index (χ4n) is 0.994. The lowest BCUT2D eigenvalue weighted by Crippen LogP contribution is -2.16. The van der Waals surface area contributed by atoms with Crippen LogP contribution in [0.4, 0.5) is 5.69 Å². The number of sulfonamides is 1. The molecule has 0 aliphatic rings. The number of nitrogens with two attached hydrogens (primary N) is 2. The summed E-state index contributed by atoms with van der Waals surface area (Å²) in [4.78, 5) is -1.09. The molecule has 5 N–H and O–H groups in total. The maximum absolute atomic E-state index is 11.1. The molecule has 0 spiro atoms. The van der Waals surface area contributed by atoms with E-state index in [0.717, 1.165) is 12.1 Å². The van der Waals surface area contributed by atoms with Gasteiger partial charge in [0.15, 0.2) is 0 Å². The normalized spacial score (nSPS) is 12.7. The number of halogens is 1. The zero-order valence-corrected chi connectivity index (χ0v) is 11.4. The molecule has 0 saturated carbocycles. The van der Waals surface area contributed by atoms with Crippen LogP contribution in [-0.2, 0) is 20.1 Å². The van der Waals surface area contributed by atoms with Gasteiger partial charge >= 0.3 is 0 Å². The van der Waals surface area contributed by atoms with Crippen LogP contribution in [0.2, 0.25) is 0 Å². The van der Waals surface area contributed by atoms with Gasteiger partial charge < -0.3 is 5.73 Å². The highest BCUT2D eigenvalue weighted by molar-refractivity contribution is 14.1. The zero-order chi connectivity index (χ0) is 12.7. The summed E-state index contributed by atoms with van der Waals surface area (Å²) < 4.78 is 52.9. The van der Waals surface area contributed by atoms with Crippen LogP contribution in [0.5, 0.6) is 0 Å². The van der Waals surface area contributed by atoms with Crippen molar-refractivity contribution in [2.75, 3.05) is 5.73 Å². The fraction of sp³-hybridized carbons (Fsp3) is 0. The summed E-state index contributed by atoms with van der Waals surface area (Å²) >= 11 is 1.60. The molecule has 0 radical (unpaired) electrons. The molecule has 1 aromatic rings. The molecule has 7 nitrogen and oxygen atoms in total. The first-order chi connectivity index (χ1) is 7.03. The van der Waals surface area contributed by atoms with Gasteiger partial charge in [-0.2, -0.15) is 8.42 Å². The molecule has 0 aliphatic carbocycles. The predicted molar refractivity (Wildman–Crippen MR) is 64.8 cm³/mol. The average Bonchev–Trinajstić information content (AvgIpc) is 1.97. The lowest BCUT2D eigenvalue weighted by molar-refractivity contribution is 0.482. The van der Waals surface area contributed by atoms with E-state index in [1.807, 2.05) is 0 Å². The summed E-state index contributed by atoms with van der Waals surface area (Å²) in [7, 11) is -8.65. The number of primary sulfonamides is 1. The first-order valence-corrected chi connectivity index (χ1v) is 7.69. The molecule has 0 saturated heterocycles. The van der Waals surface area contributed by atoms with Gasteiger partial charge in [0.2, 0.25) is 10.0 Å². The smallest absolute Gasteiger partial charge is 0.295 e. The van der Waals surface area contributed by atoms with Gasteiger partial charge in [0, 0.05) is 3.57 Å². The van der Waals surface area contributed by atoms with Gasteiger partial charge in [-0.15, -0.1) is 0 Å². The Kier molecular flexibility index (Phi) is 3.50. The summed E-state index contributed by atoms with van der Waals surface area (Å²) in [5, 5.41) is 4.83. The van der Waals surface area contributed by atoms with Crippen LogP contribution in [-0.4, -0.2) is 21.4 Å². The molecule has 0 heterocycles. The second-order valence-electron chi connectivity index (χ2n) is 2.84. The Hall–Kier alpha value is -0.430. The van der Waals surface area contributed by atoms with Crippen molar-refractivity contribution in [1.29, 1.82) is 0 Å². The molecule has 0 amide bonds. The summed E-state index contributed by atoms with van der Waals surface area (Å²) in [6.07, 6.45) is 0. The van der Waals surface area contributed by atoms with Crippen molar-refractivity contribution in [3.8, 4) is 0 Å². The molecule has 0 bridgehead atoms. The zero-order valence-electron chi connectivity index (χ0n) is 7.58. The van der Waals surface area contributed by atoms with Crippen molar-refractivity contribution >= 4 is 48.4 Å². The van der Waals surface area contributed by atoms with Crippen LogP contribution in [0, 0.1) is 3.57 Å². The number of benzene rings is 1. The highest BCUT2D eigenvalue weighted by Gasteiger charge is 2.21. The predicted octanol–water partition coefficient (Wildman–Crippen LogP) is -0.232. The lowest BCUT2D eigenvalue weighted by atomic mass is 10.3. The van der Waals surface area contributed by atoms with Crippen LogP contribution in [0.25, 0.3) is 0 Å². The van der Waals surface area contributed by atoms with Gasteiger partial charge in [-0.25, -0.2) is 13.6 Å². The minimum absolute atomic E-state index is 0.102. The Bertz CT molecular complexity index is 584. The van der Waals surface area contributed by atoms with Crippen LogP contribution in [0.1, 0.15) is 0 Å². The Balaban J connectivity index is 3.72. The molecule has 0 fully saturated rings. The fourth-order valence-corrected chi connectivity index (χ4v) is 3.64. The Morgan fingerprint density at radius 2 is 1.62 bits per heavy atom. The van der Waals surface area contributed by atoms with Crippen molar-refractivity contribution in [2.45, 2.75) is 9.79 Å². The molecule has 0 aromatic heterocycles. The van der Waals surface area contributed by atoms with Crippen LogP contribution in [0.15, 0.2) is 21.9 Å². The van der Waals surface area contributed by atoms with Gasteiger partial charge in [0.1, 0.15) is 9.79 Å². The average molecular weight is 378 g/mol. The van der Waals surface area contributed by atoms with E-state index in [9.17, 15) is 16.8 Å². The quantitative estimate of drug-likeness (QED) is 0.369. The Morgan fingerprint density at radius 3 is 2.00 bits per heavy atom. The topological polar surface area (TPSA) is 141 Å². The van der Waals surface area contributed by atoms with E-state index in [0.29, 0.717) is 0 Å². The SMILES string of the molecule is Nc1cc(I)c(S(=O)(=O)O)cc1S(N)(=O)=O. The maximum Gasteiger partial charge on any atom is 0.295 e. The Labute approximate surface area is 106 Å². The van der Waals surface area contributed by atoms with Crippen molar-refractivity contribution in [3.63, 3.8) is 0 Å². The maximum atomic E-state index is 11.1. The summed E-state index contributed by atoms with van der Waals surface area (Å²) in [5.41, 5.74) is 5.20. The molecule has 10 heteroatoms. The van der Waals surface area contributed by atoms with E-state index in [-0.39, 0.29) is 9.26 Å². The molecular formula is C6H7IN2O5S2. The van der Waals surface area contributed by atoms with Gasteiger partial charge in [-0.1, -0.05) is 0 Å². The summed E-state index contributed by atoms with van der Waals surface area (Å²) in [6.45, 7) is 0. The second-order valence-corrected chi connectivity index (χ2v) is 6.92. The van der Waals surface area contributed by atoms with Gasteiger partial charge in [0.25, 0.3) is 10.1 Å². The minimum atomic E-state index is -4.52. The molecule has 0 atom stereocenters. The summed E-state index contributed by atoms with van der Waals surface area (Å²) in [6, 6.07) is 1.82. The number of anilines is 1. The third-order valence-electron chi connectivity index (χ3n) is 1.65. The van der Waals surface area contributed by atoms with E-state index in [4.69, 9.17) is 15.4 Å². The molecule has 16 heavy (non-hydrogen) atoms. The Morgan fingerprint density at radius 1 is 1.12 bits per heavy atom. The standard InChI is InChI=1S/C6H7IN2O5S2/c7-3-1-4(8)6(15(9,10)11)2-5(3)16(12,13)14/h1-2H,8H2,(H2,9,10,11)(H,12,13,14). The van der Waals surface area contributed by atoms with Crippen molar-refractivity contribution in [3.05, 3.63) is 15.7 Å². The number of hydrogen-bond acceptors (Lipinski definition) is 5. The highest BCUT2D eigenvalue weighted by atomic mass is 127. The van der Waals surface area contributed by atoms with Crippen LogP contribution >= 0.6 is 22.6 Å². The number of nitrogen functional groups attached to an aromatic ring is 1. The van der Waals surface area contributed by atoms with Crippen molar-refractivity contribution in [1.82, 2.24) is 0 Å². The highest BCUT2D eigenvalue weighted by Crippen LogP contribution is 2.26. The van der Waals surface area contributed by atoms with Gasteiger partial charge in [-0.05, 0) is 34.7 Å². The van der Waals surface area contributed by atoms with Gasteiger partial charge in [0.05, 0.1) is 5.69 Å². The molecule has 0 aliphatic heterocycles. The molecular weight excluding hydrogens is 371 g/mol. The van der Waals surface area contributed by atoms with E-state index >= 15 is 0 Å². The summed E-state index contributed by atoms with van der Waals surface area (Å²) in [5.74, 6) is 0. The van der Waals surface area contributed by atoms with E-state index < -0.39 is 29.9 Å². The third kappa shape index (κ3) is 2.82. The third-order valence-corrected chi connectivity index (χ3v) is 4.77. The van der Waals surface area contributed by atoms with Crippen molar-refractivity contribution < 1.29 is 21.4 Å². The molecule has 1 aromatic carbocycles. The molecule has 90 valence electrons. The van der Waals surface area contributed by atoms with E-state index in [2.05, 4.69) is 0 Å².